The van der Waals surface area contributed by atoms with E-state index in [-0.39, 0.29) is 11.9 Å². The summed E-state index contributed by atoms with van der Waals surface area (Å²) >= 11 is 0. The van der Waals surface area contributed by atoms with E-state index < -0.39 is 0 Å². The van der Waals surface area contributed by atoms with Gasteiger partial charge in [-0.15, -0.1) is 0 Å². The number of piperazine rings is 1. The maximum atomic E-state index is 12.7. The molecule has 0 saturated carbocycles. The van der Waals surface area contributed by atoms with Crippen LogP contribution in [-0.2, 0) is 4.79 Å². The highest BCUT2D eigenvalue weighted by molar-refractivity contribution is 5.94. The second-order valence-corrected chi connectivity index (χ2v) is 6.76. The van der Waals surface area contributed by atoms with Gasteiger partial charge in [-0.1, -0.05) is 18.2 Å². The van der Waals surface area contributed by atoms with Crippen molar-refractivity contribution in [1.29, 1.82) is 0 Å². The van der Waals surface area contributed by atoms with E-state index in [1.54, 1.807) is 14.2 Å². The molecule has 2 N–H and O–H groups in total. The number of carbonyl (C=O) groups excluding carboxylic acids is 1. The number of nitrogens with one attached hydrogen (secondary N) is 2. The van der Waals surface area contributed by atoms with Crippen LogP contribution in [-0.4, -0.2) is 52.3 Å². The van der Waals surface area contributed by atoms with Crippen molar-refractivity contribution in [2.75, 3.05) is 50.6 Å². The van der Waals surface area contributed by atoms with Crippen molar-refractivity contribution in [3.8, 4) is 11.5 Å². The molecule has 2 aromatic carbocycles. The van der Waals surface area contributed by atoms with Gasteiger partial charge in [0.15, 0.2) is 6.04 Å². The SMILES string of the molecule is COc1cccc(N2CC[NH+]([C@H](C)C(=O)Nc3ccccc3OC)CC2)c1. The van der Waals surface area contributed by atoms with Gasteiger partial charge >= 0.3 is 0 Å². The Hall–Kier alpha value is -2.73. The number of rotatable bonds is 6. The van der Waals surface area contributed by atoms with Crippen molar-refractivity contribution < 1.29 is 19.2 Å². The predicted octanol–water partition coefficient (Wildman–Crippen LogP) is 1.44. The molecule has 1 aliphatic rings. The Morgan fingerprint density at radius 3 is 2.52 bits per heavy atom. The van der Waals surface area contributed by atoms with Gasteiger partial charge in [-0.2, -0.15) is 0 Å². The number of carbonyl (C=O) groups is 1. The number of quaternary nitrogens is 1. The summed E-state index contributed by atoms with van der Waals surface area (Å²) in [5.41, 5.74) is 1.88. The van der Waals surface area contributed by atoms with Gasteiger partial charge in [-0.25, -0.2) is 0 Å². The standard InChI is InChI=1S/C21H27N3O3/c1-16(21(25)22-19-9-4-5-10-20(19)27-3)23-11-13-24(14-12-23)17-7-6-8-18(15-17)26-2/h4-10,15-16H,11-14H2,1-3H3,(H,22,25)/p+1/t16-/m1/s1. The number of hydrogen-bond acceptors (Lipinski definition) is 4. The molecular formula is C21H28N3O3+. The minimum Gasteiger partial charge on any atom is -0.497 e. The van der Waals surface area contributed by atoms with Gasteiger partial charge in [0, 0.05) is 11.8 Å². The number of hydrogen-bond donors (Lipinski definition) is 2. The van der Waals surface area contributed by atoms with Crippen LogP contribution >= 0.6 is 0 Å². The van der Waals surface area contributed by atoms with Crippen molar-refractivity contribution in [2.24, 2.45) is 0 Å². The Balaban J connectivity index is 1.57. The van der Waals surface area contributed by atoms with E-state index in [2.05, 4.69) is 22.3 Å². The lowest BCUT2D eigenvalue weighted by molar-refractivity contribution is -0.914. The first kappa shape index (κ1) is 19.0. The molecule has 2 aromatic rings. The van der Waals surface area contributed by atoms with Crippen LogP contribution in [0, 0.1) is 0 Å². The van der Waals surface area contributed by atoms with Crippen molar-refractivity contribution in [1.82, 2.24) is 0 Å². The summed E-state index contributed by atoms with van der Waals surface area (Å²) in [5.74, 6) is 1.56. The van der Waals surface area contributed by atoms with Crippen molar-refractivity contribution >= 4 is 17.3 Å². The molecule has 1 aliphatic heterocycles. The summed E-state index contributed by atoms with van der Waals surface area (Å²) in [6.07, 6.45) is 0. The Kier molecular flexibility index (Phi) is 6.19. The Labute approximate surface area is 160 Å². The molecule has 0 aromatic heterocycles. The predicted molar refractivity (Wildman–Crippen MR) is 107 cm³/mol. The highest BCUT2D eigenvalue weighted by Gasteiger charge is 2.29. The molecule has 27 heavy (non-hydrogen) atoms. The zero-order chi connectivity index (χ0) is 19.2. The van der Waals surface area contributed by atoms with Gasteiger partial charge < -0.3 is 24.6 Å². The summed E-state index contributed by atoms with van der Waals surface area (Å²) in [4.78, 5) is 16.3. The summed E-state index contributed by atoms with van der Waals surface area (Å²) in [7, 11) is 3.29. The maximum Gasteiger partial charge on any atom is 0.282 e. The molecule has 0 spiro atoms. The molecule has 1 amide bonds. The van der Waals surface area contributed by atoms with Crippen molar-refractivity contribution in [2.45, 2.75) is 13.0 Å². The molecule has 1 saturated heterocycles. The average Bonchev–Trinajstić information content (AvgIpc) is 2.73. The lowest BCUT2D eigenvalue weighted by atomic mass is 10.2. The number of amides is 1. The summed E-state index contributed by atoms with van der Waals surface area (Å²) in [6.45, 7) is 5.64. The van der Waals surface area contributed by atoms with Crippen molar-refractivity contribution in [3.05, 3.63) is 48.5 Å². The van der Waals surface area contributed by atoms with Crippen LogP contribution in [0.25, 0.3) is 0 Å². The molecule has 144 valence electrons. The van der Waals surface area contributed by atoms with E-state index in [9.17, 15) is 4.79 Å². The summed E-state index contributed by atoms with van der Waals surface area (Å²) < 4.78 is 10.6. The van der Waals surface area contributed by atoms with Crippen LogP contribution in [0.3, 0.4) is 0 Å². The fourth-order valence-electron chi connectivity index (χ4n) is 3.47. The van der Waals surface area contributed by atoms with E-state index in [0.717, 1.165) is 31.9 Å². The highest BCUT2D eigenvalue weighted by Crippen LogP contribution is 2.23. The Bertz CT molecular complexity index is 773. The van der Waals surface area contributed by atoms with Crippen LogP contribution < -0.4 is 24.6 Å². The second kappa shape index (κ2) is 8.77. The van der Waals surface area contributed by atoms with E-state index in [4.69, 9.17) is 9.47 Å². The van der Waals surface area contributed by atoms with Crippen LogP contribution in [0.5, 0.6) is 11.5 Å². The summed E-state index contributed by atoms with van der Waals surface area (Å²) in [6, 6.07) is 15.5. The second-order valence-electron chi connectivity index (χ2n) is 6.76. The monoisotopic (exact) mass is 370 g/mol. The Morgan fingerprint density at radius 1 is 1.07 bits per heavy atom. The van der Waals surface area contributed by atoms with E-state index in [1.807, 2.05) is 43.3 Å². The van der Waals surface area contributed by atoms with Crippen LogP contribution in [0.1, 0.15) is 6.92 Å². The van der Waals surface area contributed by atoms with E-state index in [1.165, 1.54) is 10.6 Å². The molecule has 6 heteroatoms. The van der Waals surface area contributed by atoms with Gasteiger partial charge in [0.2, 0.25) is 0 Å². The smallest absolute Gasteiger partial charge is 0.282 e. The first-order chi connectivity index (χ1) is 13.1. The van der Waals surface area contributed by atoms with Gasteiger partial charge in [0.25, 0.3) is 5.91 Å². The average molecular weight is 370 g/mol. The van der Waals surface area contributed by atoms with Gasteiger partial charge in [0.1, 0.15) is 11.5 Å². The zero-order valence-electron chi connectivity index (χ0n) is 16.2. The summed E-state index contributed by atoms with van der Waals surface area (Å²) in [5, 5.41) is 3.00. The topological polar surface area (TPSA) is 55.2 Å². The van der Waals surface area contributed by atoms with Crippen LogP contribution in [0.2, 0.25) is 0 Å². The van der Waals surface area contributed by atoms with Crippen molar-refractivity contribution in [3.63, 3.8) is 0 Å². The minimum absolute atomic E-state index is 0.0179. The highest BCUT2D eigenvalue weighted by atomic mass is 16.5. The molecule has 0 bridgehead atoms. The maximum absolute atomic E-state index is 12.7. The normalized spacial score (nSPS) is 15.9. The zero-order valence-corrected chi connectivity index (χ0v) is 16.2. The van der Waals surface area contributed by atoms with E-state index in [0.29, 0.717) is 11.4 Å². The first-order valence-corrected chi connectivity index (χ1v) is 9.30. The molecule has 1 atom stereocenters. The quantitative estimate of drug-likeness (QED) is 0.808. The van der Waals surface area contributed by atoms with E-state index >= 15 is 0 Å². The largest absolute Gasteiger partial charge is 0.497 e. The van der Waals surface area contributed by atoms with Gasteiger partial charge in [-0.05, 0) is 31.2 Å². The molecule has 1 fully saturated rings. The third-order valence-electron chi connectivity index (χ3n) is 5.19. The molecule has 6 nitrogen and oxygen atoms in total. The molecule has 3 rings (SSSR count). The third kappa shape index (κ3) is 4.52. The minimum atomic E-state index is -0.123. The molecule has 0 radical (unpaired) electrons. The van der Waals surface area contributed by atoms with Gasteiger partial charge in [0.05, 0.1) is 46.1 Å². The van der Waals surface area contributed by atoms with Crippen LogP contribution in [0.15, 0.2) is 48.5 Å². The lowest BCUT2D eigenvalue weighted by Crippen LogP contribution is -3.19. The number of nitrogens with zero attached hydrogens (tertiary/aromatic N) is 1. The number of benzene rings is 2. The number of methoxy groups -OCH3 is 2. The number of anilines is 2. The number of para-hydroxylation sites is 2. The Morgan fingerprint density at radius 2 is 1.81 bits per heavy atom. The lowest BCUT2D eigenvalue weighted by Gasteiger charge is -2.36. The fourth-order valence-corrected chi connectivity index (χ4v) is 3.47. The molecule has 0 aliphatic carbocycles. The molecule has 0 unspecified atom stereocenters. The molecule has 1 heterocycles. The van der Waals surface area contributed by atoms with Crippen LogP contribution in [0.4, 0.5) is 11.4 Å². The van der Waals surface area contributed by atoms with Gasteiger partial charge in [-0.3, -0.25) is 4.79 Å². The fraction of sp³-hybridized carbons (Fsp3) is 0.381. The first-order valence-electron chi connectivity index (χ1n) is 9.30. The molecular weight excluding hydrogens is 342 g/mol. The third-order valence-corrected chi connectivity index (χ3v) is 5.19. The number of ether oxygens (including phenoxy) is 2.